The number of nitrogens with zero attached hydrogens (tertiary/aromatic N) is 1. The quantitative estimate of drug-likeness (QED) is 0.833. The van der Waals surface area contributed by atoms with E-state index in [-0.39, 0.29) is 22.9 Å². The predicted molar refractivity (Wildman–Crippen MR) is 82.6 cm³/mol. The van der Waals surface area contributed by atoms with Gasteiger partial charge in [0, 0.05) is 18.4 Å². The van der Waals surface area contributed by atoms with Gasteiger partial charge in [-0.1, -0.05) is 18.9 Å². The van der Waals surface area contributed by atoms with E-state index in [1.54, 1.807) is 12.1 Å². The fraction of sp³-hybridized carbons (Fsp3) is 0.562. The fourth-order valence-electron chi connectivity index (χ4n) is 3.37. The molecule has 0 bridgehead atoms. The minimum absolute atomic E-state index is 0.0919. The molecule has 6 heteroatoms. The summed E-state index contributed by atoms with van der Waals surface area (Å²) in [4.78, 5) is 14.9. The van der Waals surface area contributed by atoms with Crippen molar-refractivity contribution in [3.8, 4) is 0 Å². The van der Waals surface area contributed by atoms with Gasteiger partial charge in [-0.15, -0.1) is 0 Å². The second-order valence-corrected chi connectivity index (χ2v) is 8.08. The highest BCUT2D eigenvalue weighted by atomic mass is 32.2. The van der Waals surface area contributed by atoms with E-state index < -0.39 is 9.84 Å². The van der Waals surface area contributed by atoms with E-state index in [0.717, 1.165) is 31.9 Å². The largest absolute Gasteiger partial charge is 0.374 e. The molecule has 1 aliphatic heterocycles. The summed E-state index contributed by atoms with van der Waals surface area (Å²) < 4.78 is 29.1. The SMILES string of the molecule is CS(=O)(=O)c1cccc(C(=O)N2CCOC3CCCCC32)c1. The molecule has 0 radical (unpaired) electrons. The molecule has 2 fully saturated rings. The Morgan fingerprint density at radius 2 is 2.05 bits per heavy atom. The molecule has 0 aromatic heterocycles. The number of hydrogen-bond donors (Lipinski definition) is 0. The fourth-order valence-corrected chi connectivity index (χ4v) is 4.04. The summed E-state index contributed by atoms with van der Waals surface area (Å²) in [5, 5.41) is 0. The number of morpholine rings is 1. The van der Waals surface area contributed by atoms with Crippen LogP contribution in [0.3, 0.4) is 0 Å². The highest BCUT2D eigenvalue weighted by Crippen LogP contribution is 2.29. The highest BCUT2D eigenvalue weighted by molar-refractivity contribution is 7.90. The second kappa shape index (κ2) is 6.01. The number of amides is 1. The molecule has 1 aliphatic carbocycles. The van der Waals surface area contributed by atoms with Crippen LogP contribution in [0.4, 0.5) is 0 Å². The van der Waals surface area contributed by atoms with Crippen molar-refractivity contribution in [3.05, 3.63) is 29.8 Å². The minimum atomic E-state index is -3.31. The molecule has 2 aliphatic rings. The maximum Gasteiger partial charge on any atom is 0.254 e. The van der Waals surface area contributed by atoms with Crippen molar-refractivity contribution in [2.75, 3.05) is 19.4 Å². The van der Waals surface area contributed by atoms with Gasteiger partial charge in [-0.3, -0.25) is 4.79 Å². The lowest BCUT2D eigenvalue weighted by molar-refractivity contribution is -0.0752. The number of carbonyl (C=O) groups is 1. The normalized spacial score (nSPS) is 25.6. The Labute approximate surface area is 131 Å². The molecule has 1 aromatic rings. The molecule has 1 aromatic carbocycles. The van der Waals surface area contributed by atoms with Gasteiger partial charge in [0.1, 0.15) is 0 Å². The van der Waals surface area contributed by atoms with Crippen molar-refractivity contribution >= 4 is 15.7 Å². The molecule has 120 valence electrons. The Balaban J connectivity index is 1.87. The van der Waals surface area contributed by atoms with E-state index in [1.807, 2.05) is 4.90 Å². The van der Waals surface area contributed by atoms with Gasteiger partial charge in [-0.2, -0.15) is 0 Å². The third-order valence-corrected chi connectivity index (χ3v) is 5.61. The first-order valence-electron chi connectivity index (χ1n) is 7.69. The van der Waals surface area contributed by atoms with E-state index in [2.05, 4.69) is 0 Å². The molecular formula is C16H21NO4S. The Kier molecular flexibility index (Phi) is 4.23. The van der Waals surface area contributed by atoms with Crippen LogP contribution >= 0.6 is 0 Å². The van der Waals surface area contributed by atoms with Gasteiger partial charge in [0.15, 0.2) is 9.84 Å². The molecule has 2 unspecified atom stereocenters. The zero-order valence-electron chi connectivity index (χ0n) is 12.7. The Morgan fingerprint density at radius 1 is 1.27 bits per heavy atom. The van der Waals surface area contributed by atoms with Crippen molar-refractivity contribution in [1.29, 1.82) is 0 Å². The van der Waals surface area contributed by atoms with Crippen molar-refractivity contribution in [1.82, 2.24) is 4.90 Å². The molecule has 0 N–H and O–H groups in total. The molecule has 1 heterocycles. The Hall–Kier alpha value is -1.40. The maximum absolute atomic E-state index is 12.8. The van der Waals surface area contributed by atoms with Gasteiger partial charge in [0.05, 0.1) is 23.6 Å². The third kappa shape index (κ3) is 3.03. The molecule has 22 heavy (non-hydrogen) atoms. The molecule has 3 rings (SSSR count). The number of rotatable bonds is 2. The van der Waals surface area contributed by atoms with Crippen molar-refractivity contribution in [3.63, 3.8) is 0 Å². The summed E-state index contributed by atoms with van der Waals surface area (Å²) >= 11 is 0. The van der Waals surface area contributed by atoms with Crippen LogP contribution in [0.5, 0.6) is 0 Å². The summed E-state index contributed by atoms with van der Waals surface area (Å²) in [6, 6.07) is 6.43. The zero-order valence-corrected chi connectivity index (χ0v) is 13.5. The topological polar surface area (TPSA) is 63.7 Å². The Morgan fingerprint density at radius 3 is 2.82 bits per heavy atom. The first kappa shape index (κ1) is 15.5. The number of hydrogen-bond acceptors (Lipinski definition) is 4. The third-order valence-electron chi connectivity index (χ3n) is 4.50. The van der Waals surface area contributed by atoms with Gasteiger partial charge >= 0.3 is 0 Å². The Bertz CT molecular complexity index is 668. The summed E-state index contributed by atoms with van der Waals surface area (Å²) in [5.41, 5.74) is 0.439. The van der Waals surface area contributed by atoms with Gasteiger partial charge < -0.3 is 9.64 Å². The van der Waals surface area contributed by atoms with Crippen LogP contribution in [-0.2, 0) is 14.6 Å². The second-order valence-electron chi connectivity index (χ2n) is 6.06. The lowest BCUT2D eigenvalue weighted by Gasteiger charge is -2.43. The van der Waals surface area contributed by atoms with Gasteiger partial charge in [-0.05, 0) is 31.0 Å². The molecule has 1 amide bonds. The monoisotopic (exact) mass is 323 g/mol. The number of sulfone groups is 1. The maximum atomic E-state index is 12.8. The zero-order chi connectivity index (χ0) is 15.7. The molecular weight excluding hydrogens is 302 g/mol. The van der Waals surface area contributed by atoms with Crippen LogP contribution in [0.15, 0.2) is 29.2 Å². The van der Waals surface area contributed by atoms with Crippen LogP contribution in [0.25, 0.3) is 0 Å². The van der Waals surface area contributed by atoms with E-state index in [4.69, 9.17) is 4.74 Å². The van der Waals surface area contributed by atoms with E-state index in [0.29, 0.717) is 18.7 Å². The van der Waals surface area contributed by atoms with Crippen LogP contribution in [0.2, 0.25) is 0 Å². The standard InChI is InChI=1S/C16H21NO4S/c1-22(19,20)13-6-4-5-12(11-13)16(18)17-9-10-21-15-8-3-2-7-14(15)17/h4-6,11,14-15H,2-3,7-10H2,1H3. The lowest BCUT2D eigenvalue weighted by Crippen LogP contribution is -2.54. The van der Waals surface area contributed by atoms with Crippen molar-refractivity contribution in [2.45, 2.75) is 42.7 Å². The first-order chi connectivity index (χ1) is 10.5. The smallest absolute Gasteiger partial charge is 0.254 e. The van der Waals surface area contributed by atoms with E-state index >= 15 is 0 Å². The summed E-state index contributed by atoms with van der Waals surface area (Å²) in [5.74, 6) is -0.0919. The van der Waals surface area contributed by atoms with Crippen LogP contribution < -0.4 is 0 Å². The van der Waals surface area contributed by atoms with E-state index in [9.17, 15) is 13.2 Å². The van der Waals surface area contributed by atoms with Crippen LogP contribution in [0.1, 0.15) is 36.0 Å². The number of ether oxygens (including phenoxy) is 1. The summed E-state index contributed by atoms with van der Waals surface area (Å²) in [6.07, 6.45) is 5.50. The summed E-state index contributed by atoms with van der Waals surface area (Å²) in [7, 11) is -3.31. The molecule has 1 saturated heterocycles. The molecule has 5 nitrogen and oxygen atoms in total. The molecule has 0 spiro atoms. The molecule has 1 saturated carbocycles. The average molecular weight is 323 g/mol. The van der Waals surface area contributed by atoms with Crippen molar-refractivity contribution < 1.29 is 17.9 Å². The van der Waals surface area contributed by atoms with Gasteiger partial charge in [0.25, 0.3) is 5.91 Å². The number of carbonyl (C=O) groups excluding carboxylic acids is 1. The highest BCUT2D eigenvalue weighted by Gasteiger charge is 2.37. The first-order valence-corrected chi connectivity index (χ1v) is 9.58. The van der Waals surface area contributed by atoms with Crippen LogP contribution in [-0.4, -0.2) is 50.8 Å². The van der Waals surface area contributed by atoms with E-state index in [1.165, 1.54) is 12.1 Å². The summed E-state index contributed by atoms with van der Waals surface area (Å²) in [6.45, 7) is 1.13. The predicted octanol–water partition coefficient (Wildman–Crippen LogP) is 1.87. The minimum Gasteiger partial charge on any atom is -0.374 e. The molecule has 2 atom stereocenters. The van der Waals surface area contributed by atoms with Gasteiger partial charge in [-0.25, -0.2) is 8.42 Å². The van der Waals surface area contributed by atoms with Crippen LogP contribution in [0, 0.1) is 0 Å². The lowest BCUT2D eigenvalue weighted by atomic mass is 9.89. The number of benzene rings is 1. The van der Waals surface area contributed by atoms with Crippen molar-refractivity contribution in [2.24, 2.45) is 0 Å². The average Bonchev–Trinajstić information content (AvgIpc) is 2.53. The van der Waals surface area contributed by atoms with Gasteiger partial charge in [0.2, 0.25) is 0 Å². The number of fused-ring (bicyclic) bond motifs is 1.